The Hall–Kier alpha value is -1.88. The molecule has 0 spiro atoms. The molecular formula is C16H25N3O2. The third kappa shape index (κ3) is 6.40. The maximum atomic E-state index is 11.8. The number of anilines is 2. The highest BCUT2D eigenvalue weighted by atomic mass is 16.2. The smallest absolute Gasteiger partial charge is 0.226 e. The summed E-state index contributed by atoms with van der Waals surface area (Å²) in [5.41, 5.74) is 6.89. The minimum absolute atomic E-state index is 0.0392. The molecule has 0 aromatic heterocycles. The molecule has 0 radical (unpaired) electrons. The van der Waals surface area contributed by atoms with Crippen LogP contribution in [0.25, 0.3) is 0 Å². The van der Waals surface area contributed by atoms with Crippen molar-refractivity contribution in [1.82, 2.24) is 0 Å². The zero-order valence-electron chi connectivity index (χ0n) is 13.0. The Morgan fingerprint density at radius 1 is 1.14 bits per heavy atom. The van der Waals surface area contributed by atoms with Crippen LogP contribution in [0.2, 0.25) is 0 Å². The topological polar surface area (TPSA) is 84.2 Å². The molecule has 0 aliphatic carbocycles. The van der Waals surface area contributed by atoms with Crippen molar-refractivity contribution in [1.29, 1.82) is 0 Å². The van der Waals surface area contributed by atoms with Gasteiger partial charge in [-0.1, -0.05) is 26.8 Å². The first kappa shape index (κ1) is 17.2. The molecule has 0 fully saturated rings. The van der Waals surface area contributed by atoms with Crippen molar-refractivity contribution in [2.75, 3.05) is 17.2 Å². The predicted octanol–water partition coefficient (Wildman–Crippen LogP) is 2.59. The second-order valence-electron chi connectivity index (χ2n) is 5.65. The standard InChI is InChI=1S/C16H25N3O2/c1-11(2)16(21)19-14-6-4-5-13(9-14)18-15(20)8-7-12(3)10-17/h4-6,9,11-12H,7-8,10,17H2,1-3H3,(H,18,20)(H,19,21). The Balaban J connectivity index is 2.56. The monoisotopic (exact) mass is 291 g/mol. The fourth-order valence-electron chi connectivity index (χ4n) is 1.68. The molecule has 0 aliphatic rings. The van der Waals surface area contributed by atoms with Gasteiger partial charge in [-0.05, 0) is 37.1 Å². The lowest BCUT2D eigenvalue weighted by Gasteiger charge is -2.11. The van der Waals surface area contributed by atoms with Crippen molar-refractivity contribution >= 4 is 23.2 Å². The van der Waals surface area contributed by atoms with Gasteiger partial charge in [-0.25, -0.2) is 0 Å². The molecule has 0 heterocycles. The van der Waals surface area contributed by atoms with Crippen molar-refractivity contribution in [2.45, 2.75) is 33.6 Å². The molecule has 1 atom stereocenters. The van der Waals surface area contributed by atoms with Crippen LogP contribution in [0, 0.1) is 11.8 Å². The second kappa shape index (κ2) is 8.42. The van der Waals surface area contributed by atoms with Gasteiger partial charge in [-0.15, -0.1) is 0 Å². The fourth-order valence-corrected chi connectivity index (χ4v) is 1.68. The zero-order chi connectivity index (χ0) is 15.8. The molecule has 1 aromatic rings. The van der Waals surface area contributed by atoms with Gasteiger partial charge >= 0.3 is 0 Å². The van der Waals surface area contributed by atoms with E-state index in [0.29, 0.717) is 30.3 Å². The second-order valence-corrected chi connectivity index (χ2v) is 5.65. The Kier molecular flexibility index (Phi) is 6.88. The molecule has 0 saturated heterocycles. The van der Waals surface area contributed by atoms with Crippen LogP contribution in [0.3, 0.4) is 0 Å². The Bertz CT molecular complexity index is 486. The summed E-state index contributed by atoms with van der Waals surface area (Å²) in [4.78, 5) is 23.5. The zero-order valence-corrected chi connectivity index (χ0v) is 13.0. The summed E-state index contributed by atoms with van der Waals surface area (Å²) in [6, 6.07) is 7.15. The number of nitrogens with one attached hydrogen (secondary N) is 2. The number of hydrogen-bond donors (Lipinski definition) is 3. The van der Waals surface area contributed by atoms with Crippen molar-refractivity contribution in [3.63, 3.8) is 0 Å². The molecule has 2 amide bonds. The maximum absolute atomic E-state index is 11.8. The first-order valence-electron chi connectivity index (χ1n) is 7.33. The SMILES string of the molecule is CC(CN)CCC(=O)Nc1cccc(NC(=O)C(C)C)c1. The van der Waals surface area contributed by atoms with Crippen LogP contribution >= 0.6 is 0 Å². The molecule has 116 valence electrons. The van der Waals surface area contributed by atoms with Crippen molar-refractivity contribution in [3.05, 3.63) is 24.3 Å². The number of carbonyl (C=O) groups excluding carboxylic acids is 2. The van der Waals surface area contributed by atoms with Crippen LogP contribution in [0.1, 0.15) is 33.6 Å². The van der Waals surface area contributed by atoms with Gasteiger partial charge in [0, 0.05) is 23.7 Å². The third-order valence-corrected chi connectivity index (χ3v) is 3.20. The van der Waals surface area contributed by atoms with Gasteiger partial charge < -0.3 is 16.4 Å². The number of carbonyl (C=O) groups is 2. The van der Waals surface area contributed by atoms with Crippen LogP contribution in [-0.2, 0) is 9.59 Å². The first-order valence-corrected chi connectivity index (χ1v) is 7.33. The van der Waals surface area contributed by atoms with Crippen molar-refractivity contribution in [2.24, 2.45) is 17.6 Å². The summed E-state index contributed by atoms with van der Waals surface area (Å²) >= 11 is 0. The van der Waals surface area contributed by atoms with E-state index in [4.69, 9.17) is 5.73 Å². The molecule has 1 aromatic carbocycles. The van der Waals surface area contributed by atoms with Crippen LogP contribution in [0.15, 0.2) is 24.3 Å². The molecule has 0 aliphatic heterocycles. The molecule has 0 bridgehead atoms. The summed E-state index contributed by atoms with van der Waals surface area (Å²) in [7, 11) is 0. The average molecular weight is 291 g/mol. The van der Waals surface area contributed by atoms with Gasteiger partial charge in [-0.2, -0.15) is 0 Å². The van der Waals surface area contributed by atoms with Crippen LogP contribution in [-0.4, -0.2) is 18.4 Å². The van der Waals surface area contributed by atoms with Gasteiger partial charge in [0.25, 0.3) is 0 Å². The first-order chi connectivity index (χ1) is 9.92. The fraction of sp³-hybridized carbons (Fsp3) is 0.500. The van der Waals surface area contributed by atoms with E-state index in [-0.39, 0.29) is 17.7 Å². The summed E-state index contributed by atoms with van der Waals surface area (Å²) < 4.78 is 0. The Morgan fingerprint density at radius 2 is 1.76 bits per heavy atom. The molecule has 4 N–H and O–H groups in total. The minimum atomic E-state index is -0.0824. The molecule has 5 heteroatoms. The quantitative estimate of drug-likeness (QED) is 0.722. The normalized spacial score (nSPS) is 12.0. The predicted molar refractivity (Wildman–Crippen MR) is 86.0 cm³/mol. The van der Waals surface area contributed by atoms with Gasteiger partial charge in [0.05, 0.1) is 0 Å². The lowest BCUT2D eigenvalue weighted by Crippen LogP contribution is -2.18. The van der Waals surface area contributed by atoms with Crippen LogP contribution in [0.5, 0.6) is 0 Å². The van der Waals surface area contributed by atoms with E-state index < -0.39 is 0 Å². The summed E-state index contributed by atoms with van der Waals surface area (Å²) in [5, 5.41) is 5.64. The largest absolute Gasteiger partial charge is 0.330 e. The maximum Gasteiger partial charge on any atom is 0.226 e. The third-order valence-electron chi connectivity index (χ3n) is 3.20. The highest BCUT2D eigenvalue weighted by Crippen LogP contribution is 2.16. The summed E-state index contributed by atoms with van der Waals surface area (Å²) in [6.07, 6.45) is 1.22. The summed E-state index contributed by atoms with van der Waals surface area (Å²) in [5.74, 6) is 0.172. The molecule has 5 nitrogen and oxygen atoms in total. The minimum Gasteiger partial charge on any atom is -0.330 e. The number of rotatable bonds is 7. The number of benzene rings is 1. The highest BCUT2D eigenvalue weighted by Gasteiger charge is 2.09. The van der Waals surface area contributed by atoms with Gasteiger partial charge in [0.15, 0.2) is 0 Å². The van der Waals surface area contributed by atoms with Gasteiger partial charge in [0.1, 0.15) is 0 Å². The molecule has 1 unspecified atom stereocenters. The number of hydrogen-bond acceptors (Lipinski definition) is 3. The van der Waals surface area contributed by atoms with E-state index in [1.165, 1.54) is 0 Å². The van der Waals surface area contributed by atoms with E-state index in [9.17, 15) is 9.59 Å². The van der Waals surface area contributed by atoms with Crippen molar-refractivity contribution in [3.8, 4) is 0 Å². The van der Waals surface area contributed by atoms with Crippen molar-refractivity contribution < 1.29 is 9.59 Å². The Morgan fingerprint density at radius 3 is 2.33 bits per heavy atom. The van der Waals surface area contributed by atoms with E-state index in [2.05, 4.69) is 10.6 Å². The van der Waals surface area contributed by atoms with Crippen LogP contribution in [0.4, 0.5) is 11.4 Å². The summed E-state index contributed by atoms with van der Waals surface area (Å²) in [6.45, 7) is 6.28. The van der Waals surface area contributed by atoms with E-state index >= 15 is 0 Å². The van der Waals surface area contributed by atoms with Crippen LogP contribution < -0.4 is 16.4 Å². The molecular weight excluding hydrogens is 266 g/mol. The van der Waals surface area contributed by atoms with Gasteiger partial charge in [-0.3, -0.25) is 9.59 Å². The highest BCUT2D eigenvalue weighted by molar-refractivity contribution is 5.94. The van der Waals surface area contributed by atoms with E-state index in [1.807, 2.05) is 20.8 Å². The molecule has 1 rings (SSSR count). The number of nitrogens with two attached hydrogens (primary N) is 1. The Labute approximate surface area is 126 Å². The molecule has 21 heavy (non-hydrogen) atoms. The average Bonchev–Trinajstić information content (AvgIpc) is 2.44. The van der Waals surface area contributed by atoms with Gasteiger partial charge in [0.2, 0.25) is 11.8 Å². The van der Waals surface area contributed by atoms with E-state index in [0.717, 1.165) is 6.42 Å². The lowest BCUT2D eigenvalue weighted by molar-refractivity contribution is -0.119. The molecule has 0 saturated carbocycles. The number of amides is 2. The lowest BCUT2D eigenvalue weighted by atomic mass is 10.1. The van der Waals surface area contributed by atoms with E-state index in [1.54, 1.807) is 24.3 Å².